The van der Waals surface area contributed by atoms with Gasteiger partial charge in [-0.2, -0.15) is 0 Å². The molecule has 16 heavy (non-hydrogen) atoms. The van der Waals surface area contributed by atoms with E-state index in [0.29, 0.717) is 10.8 Å². The number of piperidine rings is 1. The molecule has 0 atom stereocenters. The second-order valence-electron chi connectivity index (χ2n) is 6.06. The summed E-state index contributed by atoms with van der Waals surface area (Å²) in [7, 11) is 0. The van der Waals surface area contributed by atoms with E-state index in [2.05, 4.69) is 24.5 Å². The molecule has 0 aromatic carbocycles. The minimum Gasteiger partial charge on any atom is -0.317 e. The first-order chi connectivity index (χ1) is 7.74. The van der Waals surface area contributed by atoms with Gasteiger partial charge in [0, 0.05) is 13.1 Å². The normalized spacial score (nSPS) is 26.6. The lowest BCUT2D eigenvalue weighted by Crippen LogP contribution is -2.44. The Morgan fingerprint density at radius 1 is 0.875 bits per heavy atom. The highest BCUT2D eigenvalue weighted by atomic mass is 14.9. The molecule has 1 heterocycles. The summed E-state index contributed by atoms with van der Waals surface area (Å²) in [6, 6.07) is 0. The van der Waals surface area contributed by atoms with E-state index < -0.39 is 0 Å². The molecular weight excluding hydrogens is 196 g/mol. The predicted molar refractivity (Wildman–Crippen MR) is 69.7 cm³/mol. The van der Waals surface area contributed by atoms with Crippen molar-refractivity contribution in [3.05, 3.63) is 0 Å². The summed E-state index contributed by atoms with van der Waals surface area (Å²) in [4.78, 5) is 0. The van der Waals surface area contributed by atoms with Crippen molar-refractivity contribution in [2.24, 2.45) is 10.8 Å². The zero-order chi connectivity index (χ0) is 11.5. The molecule has 1 aliphatic carbocycles. The van der Waals surface area contributed by atoms with E-state index in [9.17, 15) is 0 Å². The fourth-order valence-corrected chi connectivity index (χ4v) is 3.04. The zero-order valence-electron chi connectivity index (χ0n) is 11.1. The fourth-order valence-electron chi connectivity index (χ4n) is 3.04. The minimum absolute atomic E-state index is 0.592. The van der Waals surface area contributed by atoms with Crippen LogP contribution in [0.5, 0.6) is 0 Å². The Labute approximate surface area is 101 Å². The lowest BCUT2D eigenvalue weighted by molar-refractivity contribution is 0.181. The van der Waals surface area contributed by atoms with Crippen molar-refractivity contribution in [2.45, 2.75) is 52.4 Å². The van der Waals surface area contributed by atoms with Gasteiger partial charge in [-0.3, -0.25) is 0 Å². The highest BCUT2D eigenvalue weighted by Crippen LogP contribution is 2.48. The third kappa shape index (κ3) is 2.78. The largest absolute Gasteiger partial charge is 0.317 e. The molecule has 1 aliphatic heterocycles. The van der Waals surface area contributed by atoms with E-state index in [-0.39, 0.29) is 0 Å². The Hall–Kier alpha value is -0.0800. The van der Waals surface area contributed by atoms with E-state index in [1.165, 1.54) is 64.7 Å². The molecule has 2 aliphatic rings. The molecule has 2 fully saturated rings. The van der Waals surface area contributed by atoms with Crippen molar-refractivity contribution < 1.29 is 0 Å². The van der Waals surface area contributed by atoms with E-state index in [1.54, 1.807) is 0 Å². The van der Waals surface area contributed by atoms with Gasteiger partial charge in [0.05, 0.1) is 0 Å². The average molecular weight is 224 g/mol. The third-order valence-electron chi connectivity index (χ3n) is 5.12. The SMILES string of the molecule is CCC1(CNCC2(CC)CC2)CCNCC1. The maximum Gasteiger partial charge on any atom is 0.000889 e. The molecule has 0 radical (unpaired) electrons. The Kier molecular flexibility index (Phi) is 3.91. The average Bonchev–Trinajstić information content (AvgIpc) is 3.11. The monoisotopic (exact) mass is 224 g/mol. The van der Waals surface area contributed by atoms with Crippen LogP contribution in [0.15, 0.2) is 0 Å². The number of nitrogens with one attached hydrogen (secondary N) is 2. The van der Waals surface area contributed by atoms with Crippen molar-refractivity contribution in [2.75, 3.05) is 26.2 Å². The minimum atomic E-state index is 0.592. The van der Waals surface area contributed by atoms with Crippen LogP contribution in [0.4, 0.5) is 0 Å². The Morgan fingerprint density at radius 3 is 1.81 bits per heavy atom. The summed E-state index contributed by atoms with van der Waals surface area (Å²) in [5.41, 5.74) is 1.29. The summed E-state index contributed by atoms with van der Waals surface area (Å²) < 4.78 is 0. The van der Waals surface area contributed by atoms with Crippen LogP contribution in [0, 0.1) is 10.8 Å². The fraction of sp³-hybridized carbons (Fsp3) is 1.00. The molecule has 1 saturated heterocycles. The van der Waals surface area contributed by atoms with Gasteiger partial charge >= 0.3 is 0 Å². The van der Waals surface area contributed by atoms with Gasteiger partial charge in [0.15, 0.2) is 0 Å². The van der Waals surface area contributed by atoms with Crippen LogP contribution in [0.1, 0.15) is 52.4 Å². The van der Waals surface area contributed by atoms with Crippen LogP contribution in [0.3, 0.4) is 0 Å². The van der Waals surface area contributed by atoms with Crippen LogP contribution >= 0.6 is 0 Å². The van der Waals surface area contributed by atoms with Gasteiger partial charge in [-0.25, -0.2) is 0 Å². The van der Waals surface area contributed by atoms with Crippen LogP contribution in [-0.2, 0) is 0 Å². The summed E-state index contributed by atoms with van der Waals surface area (Å²) in [5.74, 6) is 0. The van der Waals surface area contributed by atoms with Crippen LogP contribution < -0.4 is 10.6 Å². The highest BCUT2D eigenvalue weighted by molar-refractivity contribution is 4.94. The molecule has 1 saturated carbocycles. The van der Waals surface area contributed by atoms with Gasteiger partial charge in [0.2, 0.25) is 0 Å². The molecule has 2 heteroatoms. The highest BCUT2D eigenvalue weighted by Gasteiger charge is 2.40. The zero-order valence-corrected chi connectivity index (χ0v) is 11.1. The smallest absolute Gasteiger partial charge is 0.000889 e. The van der Waals surface area contributed by atoms with Gasteiger partial charge in [-0.15, -0.1) is 0 Å². The van der Waals surface area contributed by atoms with E-state index in [0.717, 1.165) is 0 Å². The molecule has 2 nitrogen and oxygen atoms in total. The molecule has 0 spiro atoms. The van der Waals surface area contributed by atoms with Crippen molar-refractivity contribution in [1.29, 1.82) is 0 Å². The second kappa shape index (κ2) is 5.05. The maximum absolute atomic E-state index is 3.77. The first kappa shape index (κ1) is 12.4. The summed E-state index contributed by atoms with van der Waals surface area (Å²) in [6.45, 7) is 9.64. The first-order valence-electron chi connectivity index (χ1n) is 7.16. The standard InChI is InChI=1S/C14H28N2/c1-3-13(5-6-13)11-16-12-14(4-2)7-9-15-10-8-14/h15-16H,3-12H2,1-2H3. The molecule has 0 aromatic heterocycles. The molecule has 94 valence electrons. The molecule has 0 bridgehead atoms. The van der Waals surface area contributed by atoms with Crippen molar-refractivity contribution >= 4 is 0 Å². The van der Waals surface area contributed by atoms with Gasteiger partial charge in [-0.1, -0.05) is 13.8 Å². The van der Waals surface area contributed by atoms with Crippen LogP contribution in [0.2, 0.25) is 0 Å². The quantitative estimate of drug-likeness (QED) is 0.724. The van der Waals surface area contributed by atoms with Crippen LogP contribution in [0.25, 0.3) is 0 Å². The Balaban J connectivity index is 1.74. The summed E-state index contributed by atoms with van der Waals surface area (Å²) in [6.07, 6.45) is 8.32. The van der Waals surface area contributed by atoms with E-state index >= 15 is 0 Å². The second-order valence-corrected chi connectivity index (χ2v) is 6.06. The van der Waals surface area contributed by atoms with E-state index in [1.807, 2.05) is 0 Å². The van der Waals surface area contributed by atoms with E-state index in [4.69, 9.17) is 0 Å². The molecule has 2 rings (SSSR count). The van der Waals surface area contributed by atoms with Crippen molar-refractivity contribution in [3.63, 3.8) is 0 Å². The van der Waals surface area contributed by atoms with Crippen LogP contribution in [-0.4, -0.2) is 26.2 Å². The third-order valence-corrected chi connectivity index (χ3v) is 5.12. The van der Waals surface area contributed by atoms with Crippen molar-refractivity contribution in [1.82, 2.24) is 10.6 Å². The topological polar surface area (TPSA) is 24.1 Å². The predicted octanol–water partition coefficient (Wildman–Crippen LogP) is 2.55. The molecular formula is C14H28N2. The molecule has 0 aromatic rings. The van der Waals surface area contributed by atoms with Gasteiger partial charge in [0.25, 0.3) is 0 Å². The Bertz CT molecular complexity index is 215. The Morgan fingerprint density at radius 2 is 1.38 bits per heavy atom. The first-order valence-corrected chi connectivity index (χ1v) is 7.16. The lowest BCUT2D eigenvalue weighted by Gasteiger charge is -2.37. The van der Waals surface area contributed by atoms with Gasteiger partial charge in [-0.05, 0) is 62.4 Å². The molecule has 0 amide bonds. The van der Waals surface area contributed by atoms with Gasteiger partial charge < -0.3 is 10.6 Å². The molecule has 0 unspecified atom stereocenters. The number of rotatable bonds is 6. The van der Waals surface area contributed by atoms with Crippen molar-refractivity contribution in [3.8, 4) is 0 Å². The number of hydrogen-bond acceptors (Lipinski definition) is 2. The number of hydrogen-bond donors (Lipinski definition) is 2. The summed E-state index contributed by atoms with van der Waals surface area (Å²) >= 11 is 0. The molecule has 2 N–H and O–H groups in total. The summed E-state index contributed by atoms with van der Waals surface area (Å²) in [5, 5.41) is 7.25. The maximum atomic E-state index is 3.77. The van der Waals surface area contributed by atoms with Gasteiger partial charge in [0.1, 0.15) is 0 Å². The lowest BCUT2D eigenvalue weighted by atomic mass is 9.76.